The third-order valence-corrected chi connectivity index (χ3v) is 5.61. The second kappa shape index (κ2) is 6.41. The van der Waals surface area contributed by atoms with Crippen LogP contribution in [0.5, 0.6) is 0 Å². The third-order valence-electron chi connectivity index (χ3n) is 5.61. The minimum absolute atomic E-state index is 0.0681. The largest absolute Gasteiger partial charge is 0.466 e. The van der Waals surface area contributed by atoms with Crippen LogP contribution in [0.3, 0.4) is 0 Å². The number of aryl methyl sites for hydroxylation is 1. The Bertz CT molecular complexity index is 532. The number of piperidine rings is 1. The molecule has 0 radical (unpaired) electrons. The van der Waals surface area contributed by atoms with Crippen LogP contribution in [0.2, 0.25) is 0 Å². The monoisotopic (exact) mass is 301 g/mol. The predicted molar refractivity (Wildman–Crippen MR) is 88.0 cm³/mol. The van der Waals surface area contributed by atoms with Crippen molar-refractivity contribution < 1.29 is 9.53 Å². The minimum atomic E-state index is -0.0681. The van der Waals surface area contributed by atoms with Crippen LogP contribution in [0.25, 0.3) is 0 Å². The van der Waals surface area contributed by atoms with Crippen LogP contribution in [-0.2, 0) is 21.4 Å². The first-order chi connectivity index (χ1) is 10.6. The van der Waals surface area contributed by atoms with Gasteiger partial charge in [0.2, 0.25) is 0 Å². The Morgan fingerprint density at radius 3 is 2.73 bits per heavy atom. The smallest absolute Gasteiger partial charge is 0.307 e. The average Bonchev–Trinajstić information content (AvgIpc) is 2.87. The number of rotatable bonds is 4. The lowest BCUT2D eigenvalue weighted by Crippen LogP contribution is -2.46. The number of hydrogen-bond donors (Lipinski definition) is 0. The van der Waals surface area contributed by atoms with Gasteiger partial charge in [0.1, 0.15) is 0 Å². The number of hydrogen-bond acceptors (Lipinski definition) is 3. The van der Waals surface area contributed by atoms with E-state index in [0.717, 1.165) is 13.1 Å². The van der Waals surface area contributed by atoms with Crippen molar-refractivity contribution in [1.82, 2.24) is 4.90 Å². The molecule has 1 aliphatic heterocycles. The maximum atomic E-state index is 11.7. The summed E-state index contributed by atoms with van der Waals surface area (Å²) in [6.45, 7) is 6.68. The van der Waals surface area contributed by atoms with E-state index in [1.54, 1.807) is 11.1 Å². The van der Waals surface area contributed by atoms with Crippen LogP contribution in [-0.4, -0.2) is 36.6 Å². The third kappa shape index (κ3) is 2.91. The van der Waals surface area contributed by atoms with Crippen molar-refractivity contribution in [1.29, 1.82) is 0 Å². The fourth-order valence-electron chi connectivity index (χ4n) is 4.27. The molecule has 120 valence electrons. The lowest BCUT2D eigenvalue weighted by atomic mass is 9.73. The Labute approximate surface area is 133 Å². The lowest BCUT2D eigenvalue weighted by molar-refractivity contribution is -0.144. The van der Waals surface area contributed by atoms with Gasteiger partial charge in [0.25, 0.3) is 0 Å². The summed E-state index contributed by atoms with van der Waals surface area (Å²) in [5.74, 6) is -0.0681. The molecule has 1 unspecified atom stereocenters. The van der Waals surface area contributed by atoms with Crippen molar-refractivity contribution >= 4 is 5.97 Å². The van der Waals surface area contributed by atoms with Crippen LogP contribution in [0.15, 0.2) is 24.3 Å². The molecule has 1 saturated heterocycles. The maximum absolute atomic E-state index is 11.7. The zero-order valence-corrected chi connectivity index (χ0v) is 13.8. The second-order valence-electron chi connectivity index (χ2n) is 6.83. The van der Waals surface area contributed by atoms with Crippen molar-refractivity contribution in [2.45, 2.75) is 57.4 Å². The van der Waals surface area contributed by atoms with Gasteiger partial charge >= 0.3 is 5.97 Å². The highest BCUT2D eigenvalue weighted by Gasteiger charge is 2.41. The lowest BCUT2D eigenvalue weighted by Gasteiger charge is -2.42. The molecule has 1 aromatic carbocycles. The van der Waals surface area contributed by atoms with Crippen molar-refractivity contribution in [3.63, 3.8) is 0 Å². The van der Waals surface area contributed by atoms with Gasteiger partial charge in [-0.2, -0.15) is 0 Å². The summed E-state index contributed by atoms with van der Waals surface area (Å²) in [5.41, 5.74) is 3.54. The molecule has 22 heavy (non-hydrogen) atoms. The first kappa shape index (κ1) is 15.5. The molecule has 1 spiro atoms. The molecule has 3 nitrogen and oxygen atoms in total. The topological polar surface area (TPSA) is 29.5 Å². The molecule has 0 bridgehead atoms. The van der Waals surface area contributed by atoms with E-state index < -0.39 is 0 Å². The van der Waals surface area contributed by atoms with Crippen LogP contribution in [0.1, 0.15) is 50.7 Å². The first-order valence-corrected chi connectivity index (χ1v) is 8.63. The Balaban J connectivity index is 1.60. The van der Waals surface area contributed by atoms with Gasteiger partial charge in [-0.15, -0.1) is 0 Å². The van der Waals surface area contributed by atoms with Gasteiger partial charge < -0.3 is 9.64 Å². The standard InChI is InChI=1S/C19H27NO2/c1-3-22-18(21)14-15(2)20-12-10-19(11-13-20)9-8-16-6-4-5-7-17(16)19/h4-7,15H,3,8-14H2,1-2H3. The summed E-state index contributed by atoms with van der Waals surface area (Å²) in [6, 6.07) is 9.25. The summed E-state index contributed by atoms with van der Waals surface area (Å²) < 4.78 is 5.08. The quantitative estimate of drug-likeness (QED) is 0.799. The van der Waals surface area contributed by atoms with Gasteiger partial charge in [-0.1, -0.05) is 24.3 Å². The maximum Gasteiger partial charge on any atom is 0.307 e. The molecule has 1 heterocycles. The molecule has 3 rings (SSSR count). The van der Waals surface area contributed by atoms with Crippen molar-refractivity contribution in [3.8, 4) is 0 Å². The molecule has 0 N–H and O–H groups in total. The van der Waals surface area contributed by atoms with Gasteiger partial charge in [-0.3, -0.25) is 4.79 Å². The summed E-state index contributed by atoms with van der Waals surface area (Å²) in [7, 11) is 0. The number of nitrogens with zero attached hydrogens (tertiary/aromatic N) is 1. The second-order valence-corrected chi connectivity index (χ2v) is 6.83. The van der Waals surface area contributed by atoms with Crippen LogP contribution in [0, 0.1) is 0 Å². The van der Waals surface area contributed by atoms with E-state index in [2.05, 4.69) is 36.1 Å². The SMILES string of the molecule is CCOC(=O)CC(C)N1CCC2(CCc3ccccc32)CC1. The number of carbonyl (C=O) groups is 1. The Morgan fingerprint density at radius 2 is 2.00 bits per heavy atom. The van der Waals surface area contributed by atoms with Crippen LogP contribution >= 0.6 is 0 Å². The molecule has 1 fully saturated rings. The molecule has 2 aliphatic rings. The Hall–Kier alpha value is -1.35. The zero-order chi connectivity index (χ0) is 15.6. The van der Waals surface area contributed by atoms with E-state index in [9.17, 15) is 4.79 Å². The molecular weight excluding hydrogens is 274 g/mol. The molecule has 1 atom stereocenters. The molecule has 0 amide bonds. The van der Waals surface area contributed by atoms with Crippen molar-refractivity contribution in [3.05, 3.63) is 35.4 Å². The van der Waals surface area contributed by atoms with Gasteiger partial charge in [-0.05, 0) is 69.2 Å². The fraction of sp³-hybridized carbons (Fsp3) is 0.632. The van der Waals surface area contributed by atoms with E-state index in [1.807, 2.05) is 6.92 Å². The van der Waals surface area contributed by atoms with Crippen molar-refractivity contribution in [2.75, 3.05) is 19.7 Å². The highest BCUT2D eigenvalue weighted by molar-refractivity contribution is 5.70. The van der Waals surface area contributed by atoms with Crippen LogP contribution in [0.4, 0.5) is 0 Å². The van der Waals surface area contributed by atoms with E-state index in [4.69, 9.17) is 4.74 Å². The van der Waals surface area contributed by atoms with E-state index in [1.165, 1.54) is 25.7 Å². The zero-order valence-electron chi connectivity index (χ0n) is 13.8. The number of carbonyl (C=O) groups excluding carboxylic acids is 1. The van der Waals surface area contributed by atoms with Crippen LogP contribution < -0.4 is 0 Å². The highest BCUT2D eigenvalue weighted by atomic mass is 16.5. The Kier molecular flexibility index (Phi) is 4.53. The molecular formula is C19H27NO2. The predicted octanol–water partition coefficient (Wildman–Crippen LogP) is 3.31. The molecule has 1 aliphatic carbocycles. The molecule has 1 aromatic rings. The summed E-state index contributed by atoms with van der Waals surface area (Å²) in [6.07, 6.45) is 5.48. The summed E-state index contributed by atoms with van der Waals surface area (Å²) in [5, 5.41) is 0. The van der Waals surface area contributed by atoms with Gasteiger partial charge in [0.15, 0.2) is 0 Å². The summed E-state index contributed by atoms with van der Waals surface area (Å²) in [4.78, 5) is 14.1. The minimum Gasteiger partial charge on any atom is -0.466 e. The van der Waals surface area contributed by atoms with Crippen molar-refractivity contribution in [2.24, 2.45) is 0 Å². The average molecular weight is 301 g/mol. The van der Waals surface area contributed by atoms with E-state index in [0.29, 0.717) is 18.4 Å². The summed E-state index contributed by atoms with van der Waals surface area (Å²) >= 11 is 0. The molecule has 0 aromatic heterocycles. The first-order valence-electron chi connectivity index (χ1n) is 8.63. The number of esters is 1. The van der Waals surface area contributed by atoms with E-state index in [-0.39, 0.29) is 12.0 Å². The number of likely N-dealkylation sites (tertiary alicyclic amines) is 1. The molecule has 3 heteroatoms. The number of benzene rings is 1. The van der Waals surface area contributed by atoms with E-state index >= 15 is 0 Å². The molecule has 0 saturated carbocycles. The number of fused-ring (bicyclic) bond motifs is 2. The van der Waals surface area contributed by atoms with Gasteiger partial charge in [-0.25, -0.2) is 0 Å². The Morgan fingerprint density at radius 1 is 1.27 bits per heavy atom. The number of ether oxygens (including phenoxy) is 1. The highest BCUT2D eigenvalue weighted by Crippen LogP contribution is 2.46. The van der Waals surface area contributed by atoms with Gasteiger partial charge in [0, 0.05) is 6.04 Å². The van der Waals surface area contributed by atoms with Gasteiger partial charge in [0.05, 0.1) is 13.0 Å². The normalized spacial score (nSPS) is 21.5. The fourth-order valence-corrected chi connectivity index (χ4v) is 4.27.